The summed E-state index contributed by atoms with van der Waals surface area (Å²) in [6, 6.07) is 10.7. The topological polar surface area (TPSA) is 160 Å². The summed E-state index contributed by atoms with van der Waals surface area (Å²) >= 11 is 7.87. The van der Waals surface area contributed by atoms with E-state index in [2.05, 4.69) is 32.4 Å². The predicted octanol–water partition coefficient (Wildman–Crippen LogP) is 4.34. The van der Waals surface area contributed by atoms with E-state index in [1.807, 2.05) is 0 Å². The molecule has 0 radical (unpaired) electrons. The summed E-state index contributed by atoms with van der Waals surface area (Å²) in [5.74, 6) is -0.238. The van der Waals surface area contributed by atoms with Crippen LogP contribution in [0, 0.1) is 5.41 Å². The van der Waals surface area contributed by atoms with Gasteiger partial charge in [0.2, 0.25) is 5.78 Å². The number of Topliss-reactive ketones (excluding diaryl/α,β-unsaturated/α-hetero) is 1. The summed E-state index contributed by atoms with van der Waals surface area (Å²) in [6.45, 7) is 4.55. The van der Waals surface area contributed by atoms with Crippen molar-refractivity contribution >= 4 is 64.1 Å². The first-order valence-electron chi connectivity index (χ1n) is 13.0. The molecule has 1 saturated heterocycles. The van der Waals surface area contributed by atoms with Gasteiger partial charge in [-0.25, -0.2) is 14.8 Å². The summed E-state index contributed by atoms with van der Waals surface area (Å²) in [7, 11) is 3.01. The van der Waals surface area contributed by atoms with E-state index in [-0.39, 0.29) is 11.0 Å². The fourth-order valence-electron chi connectivity index (χ4n) is 4.20. The van der Waals surface area contributed by atoms with E-state index in [0.29, 0.717) is 38.7 Å². The fraction of sp³-hybridized carbons (Fsp3) is 0.321. The first-order valence-corrected chi connectivity index (χ1v) is 14.2. The number of urea groups is 1. The number of nitrogens with two attached hydrogens (primary N) is 2. The van der Waals surface area contributed by atoms with Crippen LogP contribution in [0.5, 0.6) is 0 Å². The van der Waals surface area contributed by atoms with Gasteiger partial charge in [-0.3, -0.25) is 9.59 Å². The lowest BCUT2D eigenvalue weighted by atomic mass is 9.80. The third kappa shape index (κ3) is 7.26. The highest BCUT2D eigenvalue weighted by Gasteiger charge is 2.29. The molecule has 0 spiro atoms. The molecule has 0 atom stereocenters. The van der Waals surface area contributed by atoms with Crippen LogP contribution >= 0.6 is 23.4 Å². The molecule has 216 valence electrons. The molecule has 2 heterocycles. The molecule has 0 aliphatic carbocycles. The van der Waals surface area contributed by atoms with E-state index in [9.17, 15) is 14.4 Å². The van der Waals surface area contributed by atoms with Crippen LogP contribution in [0.2, 0.25) is 5.02 Å². The zero-order valence-corrected chi connectivity index (χ0v) is 24.7. The summed E-state index contributed by atoms with van der Waals surface area (Å²) in [4.78, 5) is 49.8. The Kier molecular flexibility index (Phi) is 9.36. The molecule has 0 bridgehead atoms. The van der Waals surface area contributed by atoms with Gasteiger partial charge in [-0.15, -0.1) is 0 Å². The van der Waals surface area contributed by atoms with E-state index in [4.69, 9.17) is 23.1 Å². The molecule has 11 nitrogen and oxygen atoms in total. The van der Waals surface area contributed by atoms with Gasteiger partial charge in [-0.2, -0.15) is 0 Å². The number of rotatable bonds is 8. The first kappa shape index (κ1) is 30.1. The molecule has 13 heteroatoms. The standard InChI is InChI=1S/C28H33ClN8O3S/c1-28(16-30)11-13-37(14-12-28)21-15-32-25(24(31)35-21)41-20-6-4-5-19(22(20)29)34-27(40)33-18-9-7-17(8-10-18)23(38)26(39)36(2)3/h4-10,15H,11-14,16,30H2,1-3H3,(H2,31,35)(H2,33,34,40). The highest BCUT2D eigenvalue weighted by molar-refractivity contribution is 7.99. The molecule has 0 unspecified atom stereocenters. The number of halogens is 1. The largest absolute Gasteiger partial charge is 0.381 e. The lowest BCUT2D eigenvalue weighted by Crippen LogP contribution is -2.42. The van der Waals surface area contributed by atoms with Crippen molar-refractivity contribution in [3.8, 4) is 0 Å². The maximum Gasteiger partial charge on any atom is 0.323 e. The van der Waals surface area contributed by atoms with Crippen molar-refractivity contribution in [2.75, 3.05) is 55.0 Å². The summed E-state index contributed by atoms with van der Waals surface area (Å²) in [6.07, 6.45) is 3.67. The molecule has 1 aromatic heterocycles. The Hall–Kier alpha value is -3.87. The smallest absolute Gasteiger partial charge is 0.323 e. The second-order valence-corrected chi connectivity index (χ2v) is 11.7. The Bertz CT molecular complexity index is 1440. The van der Waals surface area contributed by atoms with Crippen LogP contribution in [0.15, 0.2) is 58.6 Å². The third-order valence-corrected chi connectivity index (χ3v) is 8.55. The molecule has 4 rings (SSSR count). The molecule has 1 aliphatic heterocycles. The van der Waals surface area contributed by atoms with Gasteiger partial charge >= 0.3 is 6.03 Å². The van der Waals surface area contributed by atoms with Crippen LogP contribution in [-0.2, 0) is 4.79 Å². The normalized spacial score (nSPS) is 14.3. The van der Waals surface area contributed by atoms with Gasteiger partial charge in [0.25, 0.3) is 5.91 Å². The van der Waals surface area contributed by atoms with Crippen LogP contribution in [0.1, 0.15) is 30.1 Å². The van der Waals surface area contributed by atoms with Crippen molar-refractivity contribution < 1.29 is 14.4 Å². The first-order chi connectivity index (χ1) is 19.5. The molecule has 6 N–H and O–H groups in total. The van der Waals surface area contributed by atoms with Gasteiger partial charge in [-0.1, -0.05) is 36.4 Å². The van der Waals surface area contributed by atoms with Crippen molar-refractivity contribution in [3.05, 3.63) is 59.2 Å². The minimum absolute atomic E-state index is 0.149. The molecule has 3 aromatic rings. The van der Waals surface area contributed by atoms with E-state index >= 15 is 0 Å². The summed E-state index contributed by atoms with van der Waals surface area (Å²) in [5, 5.41) is 6.23. The molecular weight excluding hydrogens is 564 g/mol. The number of likely N-dealkylation sites (N-methyl/N-ethyl adjacent to an activating group) is 1. The number of piperidine rings is 1. The van der Waals surface area contributed by atoms with Gasteiger partial charge in [0.1, 0.15) is 10.8 Å². The summed E-state index contributed by atoms with van der Waals surface area (Å²) < 4.78 is 0. The number of anilines is 4. The molecule has 1 fully saturated rings. The van der Waals surface area contributed by atoms with Crippen molar-refractivity contribution in [3.63, 3.8) is 0 Å². The SMILES string of the molecule is CN(C)C(=O)C(=O)c1ccc(NC(=O)Nc2cccc(Sc3ncc(N4CCC(C)(CN)CC4)nc3N)c2Cl)cc1. The molecule has 2 aromatic carbocycles. The average Bonchev–Trinajstić information content (AvgIpc) is 2.96. The lowest BCUT2D eigenvalue weighted by molar-refractivity contribution is -0.124. The molecule has 41 heavy (non-hydrogen) atoms. The molecular formula is C28H33ClN8O3S. The lowest BCUT2D eigenvalue weighted by Gasteiger charge is -2.39. The number of ketones is 1. The monoisotopic (exact) mass is 596 g/mol. The number of nitrogens with one attached hydrogen (secondary N) is 2. The van der Waals surface area contributed by atoms with Gasteiger partial charge in [0, 0.05) is 43.3 Å². The highest BCUT2D eigenvalue weighted by Crippen LogP contribution is 2.39. The van der Waals surface area contributed by atoms with Gasteiger partial charge in [0.15, 0.2) is 5.82 Å². The Labute approximate surface area is 248 Å². The number of aromatic nitrogens is 2. The number of carbonyl (C=O) groups excluding carboxylic acids is 3. The van der Waals surface area contributed by atoms with E-state index in [1.54, 1.807) is 24.4 Å². The number of hydrogen-bond donors (Lipinski definition) is 4. The Balaban J connectivity index is 1.38. The number of amides is 3. The van der Waals surface area contributed by atoms with Crippen molar-refractivity contribution in [1.29, 1.82) is 0 Å². The number of nitrogens with zero attached hydrogens (tertiary/aromatic N) is 4. The number of benzene rings is 2. The van der Waals surface area contributed by atoms with Crippen LogP contribution in [-0.4, -0.2) is 66.3 Å². The van der Waals surface area contributed by atoms with E-state index < -0.39 is 17.7 Å². The van der Waals surface area contributed by atoms with Crippen molar-refractivity contribution in [2.24, 2.45) is 11.1 Å². The second-order valence-electron chi connectivity index (χ2n) is 10.3. The van der Waals surface area contributed by atoms with E-state index in [1.165, 1.54) is 55.0 Å². The predicted molar refractivity (Wildman–Crippen MR) is 163 cm³/mol. The molecule has 3 amide bonds. The summed E-state index contributed by atoms with van der Waals surface area (Å²) in [5.41, 5.74) is 13.4. The van der Waals surface area contributed by atoms with Crippen LogP contribution in [0.3, 0.4) is 0 Å². The number of hydrogen-bond acceptors (Lipinski definition) is 9. The Morgan fingerprint density at radius 1 is 1.10 bits per heavy atom. The Morgan fingerprint density at radius 3 is 2.39 bits per heavy atom. The average molecular weight is 597 g/mol. The maximum atomic E-state index is 12.7. The van der Waals surface area contributed by atoms with Crippen molar-refractivity contribution in [1.82, 2.24) is 14.9 Å². The zero-order chi connectivity index (χ0) is 29.7. The van der Waals surface area contributed by atoms with Gasteiger partial charge in [-0.05, 0) is 61.2 Å². The van der Waals surface area contributed by atoms with Crippen LogP contribution in [0.25, 0.3) is 0 Å². The van der Waals surface area contributed by atoms with Crippen molar-refractivity contribution in [2.45, 2.75) is 29.7 Å². The molecule has 0 saturated carbocycles. The third-order valence-electron chi connectivity index (χ3n) is 6.96. The van der Waals surface area contributed by atoms with Crippen LogP contribution in [0.4, 0.5) is 27.8 Å². The number of nitrogen functional groups attached to an aromatic ring is 1. The van der Waals surface area contributed by atoms with E-state index in [0.717, 1.165) is 31.7 Å². The zero-order valence-electron chi connectivity index (χ0n) is 23.1. The highest BCUT2D eigenvalue weighted by atomic mass is 35.5. The maximum absolute atomic E-state index is 12.7. The fourth-order valence-corrected chi connectivity index (χ4v) is 5.30. The second kappa shape index (κ2) is 12.8. The minimum Gasteiger partial charge on any atom is -0.381 e. The van der Waals surface area contributed by atoms with Gasteiger partial charge < -0.3 is 31.9 Å². The Morgan fingerprint density at radius 2 is 1.78 bits per heavy atom. The minimum atomic E-state index is -0.631. The van der Waals surface area contributed by atoms with Crippen LogP contribution < -0.4 is 27.0 Å². The molecule has 1 aliphatic rings. The van der Waals surface area contributed by atoms with Gasteiger partial charge in [0.05, 0.1) is 16.9 Å². The number of carbonyl (C=O) groups is 3. The quantitative estimate of drug-likeness (QED) is 0.219.